The lowest BCUT2D eigenvalue weighted by atomic mass is 9.50. The fourth-order valence-corrected chi connectivity index (χ4v) is 7.53. The number of hydrogen-bond donors (Lipinski definition) is 0. The molecule has 0 radical (unpaired) electrons. The first-order chi connectivity index (χ1) is 15.1. The summed E-state index contributed by atoms with van der Waals surface area (Å²) in [7, 11) is 0. The predicted molar refractivity (Wildman–Crippen MR) is 133 cm³/mol. The summed E-state index contributed by atoms with van der Waals surface area (Å²) < 4.78 is 5.46. The Morgan fingerprint density at radius 3 is 2.47 bits per heavy atom. The summed E-state index contributed by atoms with van der Waals surface area (Å²) in [5, 5.41) is 0. The monoisotopic (exact) mass is 436 g/mol. The summed E-state index contributed by atoms with van der Waals surface area (Å²) in [4.78, 5) is 11.4. The molecular weight excluding hydrogens is 392 g/mol. The number of rotatable bonds is 5. The van der Waals surface area contributed by atoms with E-state index in [1.165, 1.54) is 38.2 Å². The van der Waals surface area contributed by atoms with Crippen molar-refractivity contribution in [2.75, 3.05) is 0 Å². The number of ether oxygens (including phenoxy) is 1. The zero-order chi connectivity index (χ0) is 23.3. The molecule has 0 saturated heterocycles. The van der Waals surface area contributed by atoms with Gasteiger partial charge in [-0.15, -0.1) is 0 Å². The van der Waals surface area contributed by atoms with E-state index in [1.54, 1.807) is 5.57 Å². The van der Waals surface area contributed by atoms with Crippen LogP contribution in [0.1, 0.15) is 87.0 Å². The third-order valence-corrected chi connectivity index (χ3v) is 9.96. The Hall–Kier alpha value is -1.57. The lowest BCUT2D eigenvalue weighted by Gasteiger charge is -2.54. The summed E-state index contributed by atoms with van der Waals surface area (Å²) in [6.07, 6.45) is 19.3. The Bertz CT molecular complexity index is 871. The highest BCUT2D eigenvalue weighted by Gasteiger charge is 2.56. The number of fused-ring (bicyclic) bond motifs is 5. The minimum Gasteiger partial charge on any atom is -0.431 e. The van der Waals surface area contributed by atoms with E-state index in [2.05, 4.69) is 71.9 Å². The van der Waals surface area contributed by atoms with Gasteiger partial charge in [-0.25, -0.2) is 0 Å². The Morgan fingerprint density at radius 1 is 1.03 bits per heavy atom. The smallest absolute Gasteiger partial charge is 0.307 e. The van der Waals surface area contributed by atoms with E-state index in [4.69, 9.17) is 4.74 Å². The second-order valence-corrected chi connectivity index (χ2v) is 12.1. The topological polar surface area (TPSA) is 26.3 Å². The molecule has 32 heavy (non-hydrogen) atoms. The average Bonchev–Trinajstić information content (AvgIpc) is 3.08. The van der Waals surface area contributed by atoms with Crippen molar-refractivity contribution in [2.24, 2.45) is 46.3 Å². The van der Waals surface area contributed by atoms with E-state index in [1.807, 2.05) is 0 Å². The number of allylic oxidation sites excluding steroid dienone is 8. The van der Waals surface area contributed by atoms with Gasteiger partial charge in [0.05, 0.1) is 0 Å². The summed E-state index contributed by atoms with van der Waals surface area (Å²) in [5.41, 5.74) is 3.70. The Morgan fingerprint density at radius 2 is 1.78 bits per heavy atom. The van der Waals surface area contributed by atoms with Gasteiger partial charge in [-0.2, -0.15) is 0 Å². The van der Waals surface area contributed by atoms with Crippen LogP contribution in [-0.2, 0) is 9.53 Å². The first-order valence-electron chi connectivity index (χ1n) is 13.1. The maximum Gasteiger partial charge on any atom is 0.307 e. The van der Waals surface area contributed by atoms with Crippen LogP contribution in [0.5, 0.6) is 0 Å². The van der Waals surface area contributed by atoms with Crippen molar-refractivity contribution in [1.82, 2.24) is 0 Å². The largest absolute Gasteiger partial charge is 0.431 e. The molecule has 4 rings (SSSR count). The zero-order valence-corrected chi connectivity index (χ0v) is 21.4. The number of esters is 1. The van der Waals surface area contributed by atoms with Crippen molar-refractivity contribution in [1.29, 1.82) is 0 Å². The Kier molecular flexibility index (Phi) is 6.38. The highest BCUT2D eigenvalue weighted by molar-refractivity contribution is 5.67. The van der Waals surface area contributed by atoms with E-state index in [0.29, 0.717) is 29.1 Å². The highest BCUT2D eigenvalue weighted by Crippen LogP contribution is 2.65. The molecule has 7 atom stereocenters. The highest BCUT2D eigenvalue weighted by atomic mass is 16.5. The van der Waals surface area contributed by atoms with E-state index in [-0.39, 0.29) is 11.4 Å². The van der Waals surface area contributed by atoms with Crippen molar-refractivity contribution in [3.8, 4) is 0 Å². The summed E-state index contributed by atoms with van der Waals surface area (Å²) in [6, 6.07) is 0. The van der Waals surface area contributed by atoms with Gasteiger partial charge in [0.2, 0.25) is 0 Å². The molecule has 2 unspecified atom stereocenters. The molecule has 176 valence electrons. The summed E-state index contributed by atoms with van der Waals surface area (Å²) >= 11 is 0. The third-order valence-electron chi connectivity index (χ3n) is 9.96. The van der Waals surface area contributed by atoms with Gasteiger partial charge in [-0.05, 0) is 90.1 Å². The van der Waals surface area contributed by atoms with E-state index in [0.717, 1.165) is 30.4 Å². The molecule has 0 aromatic heterocycles. The lowest BCUT2D eigenvalue weighted by molar-refractivity contribution is -0.137. The molecule has 0 aliphatic heterocycles. The van der Waals surface area contributed by atoms with Crippen LogP contribution >= 0.6 is 0 Å². The first kappa shape index (κ1) is 23.6. The van der Waals surface area contributed by atoms with Crippen LogP contribution in [0.4, 0.5) is 0 Å². The molecule has 0 aromatic carbocycles. The van der Waals surface area contributed by atoms with Gasteiger partial charge in [0, 0.05) is 13.3 Å². The number of carbonyl (C=O) groups is 1. The van der Waals surface area contributed by atoms with Crippen LogP contribution in [0.3, 0.4) is 0 Å². The molecule has 2 fully saturated rings. The first-order valence-corrected chi connectivity index (χ1v) is 13.1. The maximum atomic E-state index is 11.4. The molecule has 0 heterocycles. The lowest BCUT2D eigenvalue weighted by Crippen LogP contribution is -2.45. The Balaban J connectivity index is 1.58. The molecule has 2 heteroatoms. The van der Waals surface area contributed by atoms with Crippen molar-refractivity contribution in [2.45, 2.75) is 87.0 Å². The second kappa shape index (κ2) is 8.65. The SMILES string of the molecule is CC(=O)OC1=CC2=CC=C3C(CC[C@@]4(C)C3CC[C@@H]4[C@H](C)/C=C/[C@H](C)C(C)C)[C@@]2(C)CC1. The minimum atomic E-state index is -0.205. The second-order valence-electron chi connectivity index (χ2n) is 12.1. The molecular formula is C30H44O2. The van der Waals surface area contributed by atoms with Crippen molar-refractivity contribution in [3.05, 3.63) is 47.3 Å². The van der Waals surface area contributed by atoms with Crippen LogP contribution in [-0.4, -0.2) is 5.97 Å². The molecule has 4 aliphatic carbocycles. The standard InChI is InChI=1S/C30H44O2/c1-19(2)20(3)8-9-21(4)26-12-13-27-25-11-10-23-18-24(32-22(5)31)14-16-29(23,6)28(25)15-17-30(26,27)7/h8-11,18-21,26-28H,12-17H2,1-7H3/b9-8+/t20-,21+,26+,27?,28?,29-,30+/m0/s1. The predicted octanol–water partition coefficient (Wildman–Crippen LogP) is 8.03. The normalized spacial score (nSPS) is 38.2. The quantitative estimate of drug-likeness (QED) is 0.322. The van der Waals surface area contributed by atoms with E-state index >= 15 is 0 Å². The van der Waals surface area contributed by atoms with Crippen LogP contribution in [0.15, 0.2) is 47.3 Å². The average molecular weight is 437 g/mol. The molecule has 0 amide bonds. The Labute approximate surface area is 196 Å². The van der Waals surface area contributed by atoms with Crippen LogP contribution in [0.25, 0.3) is 0 Å². The van der Waals surface area contributed by atoms with Gasteiger partial charge in [0.25, 0.3) is 0 Å². The molecule has 4 aliphatic rings. The molecule has 2 nitrogen and oxygen atoms in total. The van der Waals surface area contributed by atoms with Gasteiger partial charge in [-0.1, -0.05) is 71.4 Å². The van der Waals surface area contributed by atoms with Crippen LogP contribution in [0, 0.1) is 46.3 Å². The van der Waals surface area contributed by atoms with Crippen LogP contribution < -0.4 is 0 Å². The maximum absolute atomic E-state index is 11.4. The fraction of sp³-hybridized carbons (Fsp3) is 0.700. The molecule has 0 aromatic rings. The van der Waals surface area contributed by atoms with Gasteiger partial charge in [0.15, 0.2) is 0 Å². The van der Waals surface area contributed by atoms with Crippen molar-refractivity contribution in [3.63, 3.8) is 0 Å². The number of hydrogen-bond acceptors (Lipinski definition) is 2. The molecule has 2 saturated carbocycles. The minimum absolute atomic E-state index is 0.186. The van der Waals surface area contributed by atoms with Crippen molar-refractivity contribution < 1.29 is 9.53 Å². The van der Waals surface area contributed by atoms with Crippen LogP contribution in [0.2, 0.25) is 0 Å². The van der Waals surface area contributed by atoms with Crippen molar-refractivity contribution >= 4 is 5.97 Å². The van der Waals surface area contributed by atoms with Gasteiger partial charge < -0.3 is 4.74 Å². The summed E-state index contributed by atoms with van der Waals surface area (Å²) in [6.45, 7) is 16.0. The fourth-order valence-electron chi connectivity index (χ4n) is 7.53. The third kappa shape index (κ3) is 3.97. The molecule has 0 bridgehead atoms. The molecule has 0 N–H and O–H groups in total. The molecule has 0 spiro atoms. The zero-order valence-electron chi connectivity index (χ0n) is 21.4. The summed E-state index contributed by atoms with van der Waals surface area (Å²) in [5.74, 6) is 4.79. The number of carbonyl (C=O) groups excluding carboxylic acids is 1. The van der Waals surface area contributed by atoms with E-state index in [9.17, 15) is 4.79 Å². The van der Waals surface area contributed by atoms with E-state index < -0.39 is 0 Å². The van der Waals surface area contributed by atoms with Gasteiger partial charge >= 0.3 is 5.97 Å². The van der Waals surface area contributed by atoms with Gasteiger partial charge in [-0.3, -0.25) is 4.79 Å². The van der Waals surface area contributed by atoms with Gasteiger partial charge in [0.1, 0.15) is 5.76 Å².